The number of rotatable bonds is 8. The molecule has 1 amide bonds. The van der Waals surface area contributed by atoms with Crippen molar-refractivity contribution in [2.24, 2.45) is 0 Å². The molecule has 1 N–H and O–H groups in total. The number of nitrogens with zero attached hydrogens (tertiary/aromatic N) is 2. The van der Waals surface area contributed by atoms with Crippen LogP contribution in [0.3, 0.4) is 0 Å². The summed E-state index contributed by atoms with van der Waals surface area (Å²) in [5.41, 5.74) is 2.22. The number of amides is 1. The van der Waals surface area contributed by atoms with Gasteiger partial charge in [0.1, 0.15) is 0 Å². The van der Waals surface area contributed by atoms with Gasteiger partial charge in [0.25, 0.3) is 5.91 Å². The number of ether oxygens (including phenoxy) is 2. The fourth-order valence-corrected chi connectivity index (χ4v) is 5.45. The molecule has 8 nitrogen and oxygen atoms in total. The van der Waals surface area contributed by atoms with Gasteiger partial charge in [-0.25, -0.2) is 8.42 Å². The van der Waals surface area contributed by atoms with Crippen molar-refractivity contribution in [2.45, 2.75) is 11.4 Å². The highest BCUT2D eigenvalue weighted by atomic mass is 32.2. The molecule has 1 fully saturated rings. The zero-order chi connectivity index (χ0) is 24.8. The molecule has 0 saturated carbocycles. The number of hydrogen-bond donors (Lipinski definition) is 1. The summed E-state index contributed by atoms with van der Waals surface area (Å²) in [6, 6.07) is 21.2. The third kappa shape index (κ3) is 5.82. The Morgan fingerprint density at radius 1 is 0.857 bits per heavy atom. The van der Waals surface area contributed by atoms with E-state index in [4.69, 9.17) is 9.47 Å². The number of sulfonamides is 1. The van der Waals surface area contributed by atoms with Gasteiger partial charge in [0, 0.05) is 50.0 Å². The summed E-state index contributed by atoms with van der Waals surface area (Å²) < 4.78 is 37.7. The van der Waals surface area contributed by atoms with Gasteiger partial charge in [-0.2, -0.15) is 4.31 Å². The summed E-state index contributed by atoms with van der Waals surface area (Å²) in [6.07, 6.45) is 0. The highest BCUT2D eigenvalue weighted by molar-refractivity contribution is 7.89. The van der Waals surface area contributed by atoms with E-state index < -0.39 is 10.0 Å². The average molecular weight is 496 g/mol. The van der Waals surface area contributed by atoms with E-state index in [1.54, 1.807) is 73.1 Å². The third-order valence-corrected chi connectivity index (χ3v) is 7.89. The van der Waals surface area contributed by atoms with Gasteiger partial charge >= 0.3 is 0 Å². The lowest BCUT2D eigenvalue weighted by atomic mass is 10.1. The van der Waals surface area contributed by atoms with Gasteiger partial charge in [-0.15, -0.1) is 0 Å². The molecule has 0 unspecified atom stereocenters. The number of benzene rings is 3. The summed E-state index contributed by atoms with van der Waals surface area (Å²) in [4.78, 5) is 15.2. The Kier molecular flexibility index (Phi) is 7.70. The van der Waals surface area contributed by atoms with Gasteiger partial charge in [-0.3, -0.25) is 9.69 Å². The van der Waals surface area contributed by atoms with Crippen molar-refractivity contribution in [3.63, 3.8) is 0 Å². The highest BCUT2D eigenvalue weighted by Crippen LogP contribution is 2.30. The van der Waals surface area contributed by atoms with E-state index in [0.717, 1.165) is 5.56 Å². The molecule has 0 aromatic heterocycles. The molecule has 0 radical (unpaired) electrons. The Hall–Kier alpha value is -3.40. The third-order valence-electron chi connectivity index (χ3n) is 5.98. The van der Waals surface area contributed by atoms with Crippen LogP contribution in [0.4, 0.5) is 5.69 Å². The Labute approximate surface area is 206 Å². The summed E-state index contributed by atoms with van der Waals surface area (Å²) in [7, 11) is -0.355. The standard InChI is InChI=1S/C26H29N3O5S/c1-33-24-13-12-22(18-25(24)34-2)27-26(30)21-10-8-20(9-11-21)19-28-14-16-29(17-15-28)35(31,32)23-6-4-3-5-7-23/h3-13,18H,14-17,19H2,1-2H3,(H,27,30). The first-order valence-corrected chi connectivity index (χ1v) is 12.7. The van der Waals surface area contributed by atoms with Crippen LogP contribution < -0.4 is 14.8 Å². The van der Waals surface area contributed by atoms with Crippen LogP contribution in [-0.4, -0.2) is 63.9 Å². The average Bonchev–Trinajstić information content (AvgIpc) is 2.90. The van der Waals surface area contributed by atoms with Crippen molar-refractivity contribution < 1.29 is 22.7 Å². The molecule has 1 heterocycles. The highest BCUT2D eigenvalue weighted by Gasteiger charge is 2.28. The van der Waals surface area contributed by atoms with Crippen LogP contribution >= 0.6 is 0 Å². The minimum Gasteiger partial charge on any atom is -0.493 e. The zero-order valence-electron chi connectivity index (χ0n) is 19.8. The van der Waals surface area contributed by atoms with Crippen LogP contribution in [0.5, 0.6) is 11.5 Å². The van der Waals surface area contributed by atoms with Crippen LogP contribution in [0.25, 0.3) is 0 Å². The largest absolute Gasteiger partial charge is 0.493 e. The van der Waals surface area contributed by atoms with Crippen LogP contribution in [0, 0.1) is 0 Å². The maximum absolute atomic E-state index is 12.8. The van der Waals surface area contributed by atoms with Crippen molar-refractivity contribution in [3.8, 4) is 11.5 Å². The van der Waals surface area contributed by atoms with Gasteiger partial charge in [0.05, 0.1) is 19.1 Å². The fraction of sp³-hybridized carbons (Fsp3) is 0.269. The molecule has 184 valence electrons. The zero-order valence-corrected chi connectivity index (χ0v) is 20.6. The fourth-order valence-electron chi connectivity index (χ4n) is 4.01. The Morgan fingerprint density at radius 3 is 2.14 bits per heavy atom. The number of anilines is 1. The second-order valence-electron chi connectivity index (χ2n) is 8.21. The predicted molar refractivity (Wildman–Crippen MR) is 134 cm³/mol. The molecule has 0 spiro atoms. The predicted octanol–water partition coefficient (Wildman–Crippen LogP) is 3.46. The van der Waals surface area contributed by atoms with Gasteiger partial charge < -0.3 is 14.8 Å². The number of nitrogens with one attached hydrogen (secondary N) is 1. The van der Waals surface area contributed by atoms with E-state index in [9.17, 15) is 13.2 Å². The smallest absolute Gasteiger partial charge is 0.255 e. The lowest BCUT2D eigenvalue weighted by Crippen LogP contribution is -2.48. The minimum atomic E-state index is -3.46. The van der Waals surface area contributed by atoms with Gasteiger partial charge in [-0.05, 0) is 42.0 Å². The number of methoxy groups -OCH3 is 2. The second-order valence-corrected chi connectivity index (χ2v) is 10.2. The molecule has 4 rings (SSSR count). The van der Waals surface area contributed by atoms with Gasteiger partial charge in [-0.1, -0.05) is 30.3 Å². The SMILES string of the molecule is COc1ccc(NC(=O)c2ccc(CN3CCN(S(=O)(=O)c4ccccc4)CC3)cc2)cc1OC. The van der Waals surface area contributed by atoms with E-state index in [1.807, 2.05) is 18.2 Å². The van der Waals surface area contributed by atoms with Crippen molar-refractivity contribution >= 4 is 21.6 Å². The van der Waals surface area contributed by atoms with Crippen molar-refractivity contribution in [3.05, 3.63) is 83.9 Å². The summed E-state index contributed by atoms with van der Waals surface area (Å²) >= 11 is 0. The number of carbonyl (C=O) groups excluding carboxylic acids is 1. The number of hydrogen-bond acceptors (Lipinski definition) is 6. The van der Waals surface area contributed by atoms with Crippen molar-refractivity contribution in [1.29, 1.82) is 0 Å². The molecule has 3 aromatic carbocycles. The normalized spacial score (nSPS) is 14.9. The lowest BCUT2D eigenvalue weighted by Gasteiger charge is -2.34. The molecular formula is C26H29N3O5S. The topological polar surface area (TPSA) is 88.2 Å². The summed E-state index contributed by atoms with van der Waals surface area (Å²) in [6.45, 7) is 2.88. The molecular weight excluding hydrogens is 466 g/mol. The van der Waals surface area contributed by atoms with Crippen LogP contribution in [0.1, 0.15) is 15.9 Å². The first-order valence-electron chi connectivity index (χ1n) is 11.3. The molecule has 0 aliphatic carbocycles. The maximum atomic E-state index is 12.8. The van der Waals surface area contributed by atoms with Gasteiger partial charge in [0.2, 0.25) is 10.0 Å². The minimum absolute atomic E-state index is 0.219. The van der Waals surface area contributed by atoms with E-state index in [1.165, 1.54) is 0 Å². The molecule has 35 heavy (non-hydrogen) atoms. The monoisotopic (exact) mass is 495 g/mol. The summed E-state index contributed by atoms with van der Waals surface area (Å²) in [5, 5.41) is 2.87. The lowest BCUT2D eigenvalue weighted by molar-refractivity contribution is 0.102. The molecule has 3 aromatic rings. The molecule has 9 heteroatoms. The van der Waals surface area contributed by atoms with E-state index in [0.29, 0.717) is 60.4 Å². The van der Waals surface area contributed by atoms with Crippen LogP contribution in [-0.2, 0) is 16.6 Å². The number of carbonyl (C=O) groups is 1. The molecule has 0 atom stereocenters. The quantitative estimate of drug-likeness (QED) is 0.515. The second kappa shape index (κ2) is 10.9. The first kappa shape index (κ1) is 24.7. The van der Waals surface area contributed by atoms with Crippen molar-refractivity contribution in [2.75, 3.05) is 45.7 Å². The van der Waals surface area contributed by atoms with E-state index in [2.05, 4.69) is 10.2 Å². The molecule has 0 bridgehead atoms. The number of piperazine rings is 1. The van der Waals surface area contributed by atoms with Gasteiger partial charge in [0.15, 0.2) is 11.5 Å². The first-order chi connectivity index (χ1) is 16.9. The Balaban J connectivity index is 1.32. The molecule has 1 aliphatic heterocycles. The van der Waals surface area contributed by atoms with E-state index in [-0.39, 0.29) is 5.91 Å². The molecule has 1 saturated heterocycles. The van der Waals surface area contributed by atoms with Crippen LogP contribution in [0.2, 0.25) is 0 Å². The molecule has 1 aliphatic rings. The van der Waals surface area contributed by atoms with Crippen molar-refractivity contribution in [1.82, 2.24) is 9.21 Å². The summed E-state index contributed by atoms with van der Waals surface area (Å²) in [5.74, 6) is 0.911. The van der Waals surface area contributed by atoms with E-state index >= 15 is 0 Å². The Morgan fingerprint density at radius 2 is 1.51 bits per heavy atom. The Bertz CT molecular complexity index is 1260. The van der Waals surface area contributed by atoms with Crippen LogP contribution in [0.15, 0.2) is 77.7 Å². The maximum Gasteiger partial charge on any atom is 0.255 e.